The van der Waals surface area contributed by atoms with Crippen molar-refractivity contribution in [3.63, 3.8) is 0 Å². The third-order valence-corrected chi connectivity index (χ3v) is 5.63. The van der Waals surface area contributed by atoms with E-state index >= 15 is 0 Å². The molecule has 172 valence electrons. The number of amides is 1. The number of rotatable bonds is 2. The lowest BCUT2D eigenvalue weighted by Gasteiger charge is -2.42. The minimum atomic E-state index is -5.95. The van der Waals surface area contributed by atoms with Crippen LogP contribution in [0.15, 0.2) is 24.3 Å². The number of nitrogens with zero attached hydrogens (tertiary/aromatic N) is 1. The summed E-state index contributed by atoms with van der Waals surface area (Å²) in [6, 6.07) is 2.96. The SMILES string of the molecule is CC(C)(C)OC(=O)N1CCC2(C=C(OS(=O)(=O)C(F)(F)F)c3ccc(F)cc3O2)CC1. The van der Waals surface area contributed by atoms with E-state index in [-0.39, 0.29) is 37.2 Å². The molecular weight excluding hydrogens is 446 g/mol. The van der Waals surface area contributed by atoms with E-state index in [0.29, 0.717) is 0 Å². The molecule has 3 rings (SSSR count). The summed E-state index contributed by atoms with van der Waals surface area (Å²) >= 11 is 0. The Hall–Kier alpha value is -2.50. The van der Waals surface area contributed by atoms with Crippen molar-refractivity contribution in [1.29, 1.82) is 0 Å². The fraction of sp³-hybridized carbons (Fsp3) is 0.526. The van der Waals surface area contributed by atoms with Crippen LogP contribution in [0.25, 0.3) is 5.76 Å². The molecule has 2 aliphatic rings. The van der Waals surface area contributed by atoms with Gasteiger partial charge in [0.05, 0.1) is 5.56 Å². The number of piperidine rings is 1. The molecule has 0 unspecified atom stereocenters. The second kappa shape index (κ2) is 7.57. The van der Waals surface area contributed by atoms with Gasteiger partial charge >= 0.3 is 21.7 Å². The number of alkyl halides is 3. The van der Waals surface area contributed by atoms with Crippen molar-refractivity contribution in [1.82, 2.24) is 4.90 Å². The molecule has 0 atom stereocenters. The van der Waals surface area contributed by atoms with Gasteiger partial charge in [0.1, 0.15) is 22.8 Å². The van der Waals surface area contributed by atoms with Crippen LogP contribution < -0.4 is 4.74 Å². The summed E-state index contributed by atoms with van der Waals surface area (Å²) in [5, 5.41) is 0. The summed E-state index contributed by atoms with van der Waals surface area (Å²) in [4.78, 5) is 13.7. The van der Waals surface area contributed by atoms with Gasteiger partial charge in [-0.05, 0) is 32.9 Å². The van der Waals surface area contributed by atoms with Crippen molar-refractivity contribution in [3.05, 3.63) is 35.7 Å². The van der Waals surface area contributed by atoms with E-state index in [0.717, 1.165) is 24.3 Å². The number of ether oxygens (including phenoxy) is 2. The Bertz CT molecular complexity index is 1010. The maximum Gasteiger partial charge on any atom is 0.534 e. The average molecular weight is 467 g/mol. The third-order valence-electron chi connectivity index (χ3n) is 4.66. The predicted octanol–water partition coefficient (Wildman–Crippen LogP) is 4.19. The topological polar surface area (TPSA) is 82.1 Å². The molecule has 1 amide bonds. The van der Waals surface area contributed by atoms with Crippen LogP contribution in [-0.2, 0) is 19.0 Å². The first-order valence-electron chi connectivity index (χ1n) is 9.31. The molecule has 1 spiro atoms. The molecule has 1 aromatic rings. The largest absolute Gasteiger partial charge is 0.534 e. The molecule has 31 heavy (non-hydrogen) atoms. The highest BCUT2D eigenvalue weighted by molar-refractivity contribution is 7.87. The fourth-order valence-corrected chi connectivity index (χ4v) is 3.69. The van der Waals surface area contributed by atoms with E-state index in [1.165, 1.54) is 4.90 Å². The molecule has 7 nitrogen and oxygen atoms in total. The number of hydrogen-bond donors (Lipinski definition) is 0. The standard InChI is InChI=1S/C19H21F4NO6S/c1-17(2,3)29-16(25)24-8-6-18(7-9-24)11-15(30-31(26,27)19(21,22)23)13-5-4-12(20)10-14(13)28-18/h4-5,10-11H,6-9H2,1-3H3. The molecule has 0 radical (unpaired) electrons. The van der Waals surface area contributed by atoms with Crippen molar-refractivity contribution in [2.45, 2.75) is 50.3 Å². The number of halogens is 4. The lowest BCUT2D eigenvalue weighted by Crippen LogP contribution is -2.50. The van der Waals surface area contributed by atoms with Gasteiger partial charge in [0.2, 0.25) is 0 Å². The third kappa shape index (κ3) is 5.05. The molecule has 12 heteroatoms. The zero-order valence-corrected chi connectivity index (χ0v) is 17.8. The number of carbonyl (C=O) groups is 1. The molecule has 0 aliphatic carbocycles. The molecule has 1 aromatic carbocycles. The van der Waals surface area contributed by atoms with E-state index in [4.69, 9.17) is 9.47 Å². The molecule has 0 N–H and O–H groups in total. The lowest BCUT2D eigenvalue weighted by molar-refractivity contribution is -0.0512. The fourth-order valence-electron chi connectivity index (χ4n) is 3.22. The van der Waals surface area contributed by atoms with Crippen molar-refractivity contribution in [3.8, 4) is 5.75 Å². The Kier molecular flexibility index (Phi) is 5.66. The van der Waals surface area contributed by atoms with Crippen LogP contribution >= 0.6 is 0 Å². The predicted molar refractivity (Wildman–Crippen MR) is 101 cm³/mol. The Morgan fingerprint density at radius 1 is 1.16 bits per heavy atom. The maximum atomic E-state index is 13.7. The van der Waals surface area contributed by atoms with E-state index in [1.807, 2.05) is 0 Å². The monoisotopic (exact) mass is 467 g/mol. The summed E-state index contributed by atoms with van der Waals surface area (Å²) in [7, 11) is -5.95. The smallest absolute Gasteiger partial charge is 0.482 e. The zero-order valence-electron chi connectivity index (χ0n) is 17.0. The van der Waals surface area contributed by atoms with Crippen LogP contribution in [0, 0.1) is 5.82 Å². The van der Waals surface area contributed by atoms with Crippen molar-refractivity contribution >= 4 is 22.0 Å². The summed E-state index contributed by atoms with van der Waals surface area (Å²) in [6.45, 7) is 5.36. The van der Waals surface area contributed by atoms with Crippen LogP contribution in [0.2, 0.25) is 0 Å². The van der Waals surface area contributed by atoms with Gasteiger partial charge in [0.15, 0.2) is 5.76 Å². The van der Waals surface area contributed by atoms with E-state index < -0.39 is 44.5 Å². The average Bonchev–Trinajstić information content (AvgIpc) is 2.59. The second-order valence-electron chi connectivity index (χ2n) is 8.27. The van der Waals surface area contributed by atoms with Crippen molar-refractivity contribution in [2.75, 3.05) is 13.1 Å². The van der Waals surface area contributed by atoms with Crippen LogP contribution in [0.5, 0.6) is 5.75 Å². The van der Waals surface area contributed by atoms with Gasteiger partial charge < -0.3 is 18.6 Å². The minimum absolute atomic E-state index is 0.0983. The van der Waals surface area contributed by atoms with E-state index in [9.17, 15) is 30.8 Å². The van der Waals surface area contributed by atoms with Crippen molar-refractivity contribution in [2.24, 2.45) is 0 Å². The Morgan fingerprint density at radius 2 is 1.77 bits per heavy atom. The van der Waals surface area contributed by atoms with Gasteiger partial charge in [-0.3, -0.25) is 0 Å². The summed E-state index contributed by atoms with van der Waals surface area (Å²) in [6.07, 6.45) is 0.773. The molecule has 0 bridgehead atoms. The highest BCUT2D eigenvalue weighted by Gasteiger charge is 2.50. The van der Waals surface area contributed by atoms with Crippen LogP contribution in [0.4, 0.5) is 22.4 Å². The quantitative estimate of drug-likeness (QED) is 0.369. The highest BCUT2D eigenvalue weighted by Crippen LogP contribution is 2.43. The van der Waals surface area contributed by atoms with Gasteiger partial charge in [-0.15, -0.1) is 0 Å². The lowest BCUT2D eigenvalue weighted by atomic mass is 9.87. The molecule has 0 aromatic heterocycles. The van der Waals surface area contributed by atoms with Gasteiger partial charge in [-0.1, -0.05) is 0 Å². The first kappa shape index (κ1) is 23.2. The van der Waals surface area contributed by atoms with Gasteiger partial charge in [-0.2, -0.15) is 21.6 Å². The van der Waals surface area contributed by atoms with Crippen LogP contribution in [0.3, 0.4) is 0 Å². The highest BCUT2D eigenvalue weighted by atomic mass is 32.2. The van der Waals surface area contributed by atoms with E-state index in [1.54, 1.807) is 20.8 Å². The Balaban J connectivity index is 1.89. The molecule has 1 saturated heterocycles. The first-order valence-corrected chi connectivity index (χ1v) is 10.7. The summed E-state index contributed by atoms with van der Waals surface area (Å²) < 4.78 is 90.9. The van der Waals surface area contributed by atoms with Gasteiger partial charge in [-0.25, -0.2) is 9.18 Å². The number of fused-ring (bicyclic) bond motifs is 1. The zero-order chi connectivity index (χ0) is 23.2. The minimum Gasteiger partial charge on any atom is -0.482 e. The van der Waals surface area contributed by atoms with Crippen LogP contribution in [-0.4, -0.2) is 49.2 Å². The summed E-state index contributed by atoms with van der Waals surface area (Å²) in [5.74, 6) is -1.48. The van der Waals surface area contributed by atoms with Gasteiger partial charge in [0.25, 0.3) is 0 Å². The number of carbonyl (C=O) groups excluding carboxylic acids is 1. The number of benzene rings is 1. The Labute approximate surface area is 176 Å². The number of hydrogen-bond acceptors (Lipinski definition) is 6. The normalized spacial score (nSPS) is 18.7. The Morgan fingerprint density at radius 3 is 2.32 bits per heavy atom. The second-order valence-corrected chi connectivity index (χ2v) is 9.80. The maximum absolute atomic E-state index is 13.7. The van der Waals surface area contributed by atoms with E-state index in [2.05, 4.69) is 4.18 Å². The van der Waals surface area contributed by atoms with Crippen LogP contribution in [0.1, 0.15) is 39.2 Å². The number of likely N-dealkylation sites (tertiary alicyclic amines) is 1. The molecule has 2 heterocycles. The molecule has 2 aliphatic heterocycles. The first-order chi connectivity index (χ1) is 14.1. The van der Waals surface area contributed by atoms with Crippen molar-refractivity contribution < 1.29 is 44.4 Å². The molecule has 1 fully saturated rings. The summed E-state index contributed by atoms with van der Waals surface area (Å²) in [5.41, 5.74) is -7.76. The van der Waals surface area contributed by atoms with Gasteiger partial charge in [0, 0.05) is 38.1 Å². The molecular formula is C19H21F4NO6S. The molecule has 0 saturated carbocycles.